The monoisotopic (exact) mass is 445 g/mol. The molecular formula is C24H23N5O4. The van der Waals surface area contributed by atoms with Crippen LogP contribution in [0.15, 0.2) is 47.3 Å². The molecule has 2 heterocycles. The summed E-state index contributed by atoms with van der Waals surface area (Å²) in [5.41, 5.74) is 1.23. The van der Waals surface area contributed by atoms with Gasteiger partial charge in [-0.05, 0) is 36.4 Å². The fraction of sp³-hybridized carbons (Fsp3) is 0.292. The molecule has 0 aliphatic carbocycles. The SMILES string of the molecule is COc1cccc2c(=O)[nH]c(CCC(=O)N3CCN(C(=O)c4ccc(C#N)cc4)CC3)nc12. The summed E-state index contributed by atoms with van der Waals surface area (Å²) in [5, 5.41) is 9.32. The van der Waals surface area contributed by atoms with Gasteiger partial charge in [0.25, 0.3) is 11.5 Å². The lowest BCUT2D eigenvalue weighted by molar-refractivity contribution is -0.132. The molecule has 3 aromatic rings. The summed E-state index contributed by atoms with van der Waals surface area (Å²) in [6.07, 6.45) is 0.500. The molecule has 0 atom stereocenters. The van der Waals surface area contributed by atoms with Gasteiger partial charge in [-0.15, -0.1) is 0 Å². The van der Waals surface area contributed by atoms with E-state index < -0.39 is 0 Å². The number of para-hydroxylation sites is 1. The highest BCUT2D eigenvalue weighted by atomic mass is 16.5. The number of carbonyl (C=O) groups excluding carboxylic acids is 2. The molecule has 9 heteroatoms. The van der Waals surface area contributed by atoms with Crippen molar-refractivity contribution in [3.8, 4) is 11.8 Å². The molecule has 0 bridgehead atoms. The maximum Gasteiger partial charge on any atom is 0.258 e. The summed E-state index contributed by atoms with van der Waals surface area (Å²) in [4.78, 5) is 48.4. The number of benzene rings is 2. The van der Waals surface area contributed by atoms with Gasteiger partial charge in [-0.3, -0.25) is 14.4 Å². The number of carbonyl (C=O) groups is 2. The van der Waals surface area contributed by atoms with E-state index in [1.165, 1.54) is 7.11 Å². The van der Waals surface area contributed by atoms with Crippen molar-refractivity contribution in [3.05, 3.63) is 69.8 Å². The van der Waals surface area contributed by atoms with Crippen LogP contribution in [-0.2, 0) is 11.2 Å². The maximum absolute atomic E-state index is 12.7. The van der Waals surface area contributed by atoms with E-state index in [4.69, 9.17) is 10.00 Å². The molecule has 1 fully saturated rings. The third-order valence-corrected chi connectivity index (χ3v) is 5.72. The molecule has 9 nitrogen and oxygen atoms in total. The summed E-state index contributed by atoms with van der Waals surface area (Å²) in [5.74, 6) is 0.774. The second-order valence-corrected chi connectivity index (χ2v) is 7.73. The Bertz CT molecular complexity index is 1280. The van der Waals surface area contributed by atoms with E-state index in [-0.39, 0.29) is 23.8 Å². The number of fused-ring (bicyclic) bond motifs is 1. The van der Waals surface area contributed by atoms with E-state index in [0.717, 1.165) is 0 Å². The van der Waals surface area contributed by atoms with Gasteiger partial charge in [0.05, 0.1) is 24.1 Å². The van der Waals surface area contributed by atoms with Crippen molar-refractivity contribution in [3.63, 3.8) is 0 Å². The lowest BCUT2D eigenvalue weighted by Gasteiger charge is -2.35. The third-order valence-electron chi connectivity index (χ3n) is 5.72. The highest BCUT2D eigenvalue weighted by Gasteiger charge is 2.25. The van der Waals surface area contributed by atoms with Crippen molar-refractivity contribution in [2.75, 3.05) is 33.3 Å². The lowest BCUT2D eigenvalue weighted by atomic mass is 10.1. The average molecular weight is 445 g/mol. The Hall–Kier alpha value is -4.19. The zero-order valence-electron chi connectivity index (χ0n) is 18.2. The van der Waals surface area contributed by atoms with Crippen molar-refractivity contribution in [2.24, 2.45) is 0 Å². The Morgan fingerprint density at radius 3 is 2.45 bits per heavy atom. The fourth-order valence-corrected chi connectivity index (χ4v) is 3.88. The summed E-state index contributed by atoms with van der Waals surface area (Å²) in [7, 11) is 1.52. The summed E-state index contributed by atoms with van der Waals surface area (Å²) in [6.45, 7) is 1.76. The third kappa shape index (κ3) is 4.70. The van der Waals surface area contributed by atoms with E-state index in [0.29, 0.717) is 66.2 Å². The molecule has 1 aromatic heterocycles. The van der Waals surface area contributed by atoms with Crippen LogP contribution in [0.2, 0.25) is 0 Å². The first-order valence-electron chi connectivity index (χ1n) is 10.6. The van der Waals surface area contributed by atoms with Crippen LogP contribution >= 0.6 is 0 Å². The number of nitrogens with zero attached hydrogens (tertiary/aromatic N) is 4. The van der Waals surface area contributed by atoms with Crippen LogP contribution in [0.1, 0.15) is 28.2 Å². The topological polar surface area (TPSA) is 119 Å². The number of aryl methyl sites for hydroxylation is 1. The van der Waals surface area contributed by atoms with Crippen molar-refractivity contribution < 1.29 is 14.3 Å². The molecule has 0 saturated carbocycles. The van der Waals surface area contributed by atoms with Crippen LogP contribution in [0.5, 0.6) is 5.75 Å². The van der Waals surface area contributed by atoms with Gasteiger partial charge in [0, 0.05) is 44.6 Å². The van der Waals surface area contributed by atoms with Crippen molar-refractivity contribution in [1.82, 2.24) is 19.8 Å². The van der Waals surface area contributed by atoms with Crippen LogP contribution < -0.4 is 10.3 Å². The normalized spacial score (nSPS) is 13.6. The first kappa shape index (κ1) is 22.0. The van der Waals surface area contributed by atoms with Crippen molar-refractivity contribution in [1.29, 1.82) is 5.26 Å². The molecule has 1 N–H and O–H groups in total. The second-order valence-electron chi connectivity index (χ2n) is 7.73. The predicted octanol–water partition coefficient (Wildman–Crippen LogP) is 1.72. The lowest BCUT2D eigenvalue weighted by Crippen LogP contribution is -2.50. The zero-order chi connectivity index (χ0) is 23.4. The van der Waals surface area contributed by atoms with Crippen LogP contribution in [0, 0.1) is 11.3 Å². The van der Waals surface area contributed by atoms with Crippen LogP contribution in [0.25, 0.3) is 10.9 Å². The Balaban J connectivity index is 1.34. The number of H-pyrrole nitrogens is 1. The Kier molecular flexibility index (Phi) is 6.36. The molecule has 2 aromatic carbocycles. The molecule has 1 aliphatic rings. The molecule has 2 amide bonds. The quantitative estimate of drug-likeness (QED) is 0.639. The molecule has 33 heavy (non-hydrogen) atoms. The van der Waals surface area contributed by atoms with Crippen molar-refractivity contribution in [2.45, 2.75) is 12.8 Å². The average Bonchev–Trinajstić information content (AvgIpc) is 2.86. The van der Waals surface area contributed by atoms with E-state index in [9.17, 15) is 14.4 Å². The van der Waals surface area contributed by atoms with E-state index >= 15 is 0 Å². The van der Waals surface area contributed by atoms with E-state index in [1.54, 1.807) is 52.3 Å². The standard InChI is InChI=1S/C24H23N5O4/c1-33-19-4-2-3-18-22(19)26-20(27-23(18)31)9-10-21(30)28-11-13-29(14-12-28)24(32)17-7-5-16(15-25)6-8-17/h2-8H,9-14H2,1H3,(H,26,27,31). The molecule has 1 saturated heterocycles. The van der Waals surface area contributed by atoms with Crippen LogP contribution in [0.4, 0.5) is 0 Å². The molecule has 0 spiro atoms. The van der Waals surface area contributed by atoms with Crippen LogP contribution in [0.3, 0.4) is 0 Å². The second kappa shape index (κ2) is 9.53. The largest absolute Gasteiger partial charge is 0.494 e. The van der Waals surface area contributed by atoms with Crippen molar-refractivity contribution >= 4 is 22.7 Å². The smallest absolute Gasteiger partial charge is 0.258 e. The minimum Gasteiger partial charge on any atom is -0.494 e. The summed E-state index contributed by atoms with van der Waals surface area (Å²) in [6, 6.07) is 13.7. The molecular weight excluding hydrogens is 422 g/mol. The van der Waals surface area contributed by atoms with Gasteiger partial charge in [-0.25, -0.2) is 4.98 Å². The van der Waals surface area contributed by atoms with Gasteiger partial charge in [0.2, 0.25) is 5.91 Å². The van der Waals surface area contributed by atoms with Gasteiger partial charge in [0.1, 0.15) is 17.1 Å². The summed E-state index contributed by atoms with van der Waals surface area (Å²) >= 11 is 0. The first-order valence-corrected chi connectivity index (χ1v) is 10.6. The Morgan fingerprint density at radius 2 is 1.79 bits per heavy atom. The number of aromatic amines is 1. The van der Waals surface area contributed by atoms with Gasteiger partial charge in [0.15, 0.2) is 0 Å². The maximum atomic E-state index is 12.7. The number of rotatable bonds is 5. The van der Waals surface area contributed by atoms with Gasteiger partial charge in [-0.2, -0.15) is 5.26 Å². The van der Waals surface area contributed by atoms with Gasteiger partial charge < -0.3 is 19.5 Å². The number of piperazine rings is 1. The Morgan fingerprint density at radius 1 is 1.09 bits per heavy atom. The van der Waals surface area contributed by atoms with E-state index in [1.807, 2.05) is 6.07 Å². The molecule has 168 valence electrons. The van der Waals surface area contributed by atoms with Crippen LogP contribution in [-0.4, -0.2) is 64.9 Å². The molecule has 1 aliphatic heterocycles. The number of amides is 2. The number of hydrogen-bond donors (Lipinski definition) is 1. The number of hydrogen-bond acceptors (Lipinski definition) is 6. The zero-order valence-corrected chi connectivity index (χ0v) is 18.2. The van der Waals surface area contributed by atoms with Gasteiger partial charge in [-0.1, -0.05) is 6.07 Å². The minimum atomic E-state index is -0.267. The number of methoxy groups -OCH3 is 1. The number of aromatic nitrogens is 2. The number of nitrogens with one attached hydrogen (secondary N) is 1. The number of ether oxygens (including phenoxy) is 1. The first-order chi connectivity index (χ1) is 16.0. The highest BCUT2D eigenvalue weighted by molar-refractivity contribution is 5.94. The predicted molar refractivity (Wildman–Crippen MR) is 121 cm³/mol. The number of nitriles is 1. The molecule has 4 rings (SSSR count). The Labute approximate surface area is 190 Å². The highest BCUT2D eigenvalue weighted by Crippen LogP contribution is 2.21. The molecule has 0 radical (unpaired) electrons. The minimum absolute atomic E-state index is 0.0526. The van der Waals surface area contributed by atoms with E-state index in [2.05, 4.69) is 9.97 Å². The molecule has 0 unspecified atom stereocenters. The fourth-order valence-electron chi connectivity index (χ4n) is 3.88. The van der Waals surface area contributed by atoms with Gasteiger partial charge >= 0.3 is 0 Å². The summed E-state index contributed by atoms with van der Waals surface area (Å²) < 4.78 is 5.29.